The van der Waals surface area contributed by atoms with E-state index in [0.717, 1.165) is 6.42 Å². The summed E-state index contributed by atoms with van der Waals surface area (Å²) in [6.45, 7) is 2.08. The number of carbonyl (C=O) groups is 2. The Bertz CT molecular complexity index is 970. The molecule has 7 nitrogen and oxygen atoms in total. The number of ether oxygens (including phenoxy) is 1. The van der Waals surface area contributed by atoms with Gasteiger partial charge in [0.2, 0.25) is 5.95 Å². The maximum atomic E-state index is 12.4. The molecule has 0 aliphatic heterocycles. The molecule has 0 unspecified atom stereocenters. The summed E-state index contributed by atoms with van der Waals surface area (Å²) in [6.07, 6.45) is 2.45. The van der Waals surface area contributed by atoms with Crippen LogP contribution in [0.15, 0.2) is 60.8 Å². The highest BCUT2D eigenvalue weighted by molar-refractivity contribution is 6.03. The SMILES string of the molecule is CCc1ccc(NC(=O)c2ccnc(Nc3ccc(C(=O)OC)cc3)n2)cc1. The van der Waals surface area contributed by atoms with Gasteiger partial charge in [0.15, 0.2) is 0 Å². The number of nitrogens with one attached hydrogen (secondary N) is 2. The van der Waals surface area contributed by atoms with E-state index >= 15 is 0 Å². The molecule has 0 spiro atoms. The van der Waals surface area contributed by atoms with Crippen LogP contribution >= 0.6 is 0 Å². The fraction of sp³-hybridized carbons (Fsp3) is 0.143. The molecule has 0 aliphatic carbocycles. The second kappa shape index (κ2) is 8.77. The van der Waals surface area contributed by atoms with E-state index in [4.69, 9.17) is 0 Å². The van der Waals surface area contributed by atoms with E-state index in [9.17, 15) is 9.59 Å². The largest absolute Gasteiger partial charge is 0.465 e. The van der Waals surface area contributed by atoms with Crippen LogP contribution in [0.3, 0.4) is 0 Å². The maximum absolute atomic E-state index is 12.4. The zero-order valence-corrected chi connectivity index (χ0v) is 15.6. The Kier molecular flexibility index (Phi) is 5.96. The van der Waals surface area contributed by atoms with Crippen molar-refractivity contribution in [3.8, 4) is 0 Å². The van der Waals surface area contributed by atoms with Gasteiger partial charge in [0.25, 0.3) is 5.91 Å². The summed E-state index contributed by atoms with van der Waals surface area (Å²) in [6, 6.07) is 15.9. The Morgan fingerprint density at radius 2 is 1.64 bits per heavy atom. The van der Waals surface area contributed by atoms with Crippen molar-refractivity contribution >= 4 is 29.2 Å². The zero-order chi connectivity index (χ0) is 19.9. The molecule has 2 aromatic carbocycles. The van der Waals surface area contributed by atoms with Gasteiger partial charge in [-0.25, -0.2) is 14.8 Å². The van der Waals surface area contributed by atoms with E-state index in [0.29, 0.717) is 16.9 Å². The molecule has 0 radical (unpaired) electrons. The van der Waals surface area contributed by atoms with E-state index in [1.54, 1.807) is 30.3 Å². The number of anilines is 3. The lowest BCUT2D eigenvalue weighted by Gasteiger charge is -2.08. The van der Waals surface area contributed by atoms with Crippen molar-refractivity contribution in [2.24, 2.45) is 0 Å². The molecule has 0 atom stereocenters. The number of carbonyl (C=O) groups excluding carboxylic acids is 2. The van der Waals surface area contributed by atoms with E-state index < -0.39 is 5.97 Å². The van der Waals surface area contributed by atoms with Gasteiger partial charge in [0.05, 0.1) is 12.7 Å². The number of aryl methyl sites for hydroxylation is 1. The third kappa shape index (κ3) is 4.70. The number of hydrogen-bond donors (Lipinski definition) is 2. The van der Waals surface area contributed by atoms with Crippen molar-refractivity contribution in [2.45, 2.75) is 13.3 Å². The molecule has 1 amide bonds. The average molecular weight is 376 g/mol. The molecule has 142 valence electrons. The molecule has 1 aromatic heterocycles. The first-order valence-corrected chi connectivity index (χ1v) is 8.78. The van der Waals surface area contributed by atoms with E-state index in [1.807, 2.05) is 24.3 Å². The minimum Gasteiger partial charge on any atom is -0.465 e. The number of methoxy groups -OCH3 is 1. The lowest BCUT2D eigenvalue weighted by Crippen LogP contribution is -2.14. The first kappa shape index (κ1) is 19.0. The van der Waals surface area contributed by atoms with Crippen molar-refractivity contribution in [3.05, 3.63) is 77.6 Å². The molecule has 0 aliphatic rings. The quantitative estimate of drug-likeness (QED) is 0.635. The number of nitrogens with zero attached hydrogens (tertiary/aromatic N) is 2. The first-order valence-electron chi connectivity index (χ1n) is 8.78. The van der Waals surface area contributed by atoms with E-state index in [-0.39, 0.29) is 17.5 Å². The minimum absolute atomic E-state index is 0.239. The smallest absolute Gasteiger partial charge is 0.337 e. The van der Waals surface area contributed by atoms with Crippen LogP contribution in [0.5, 0.6) is 0 Å². The lowest BCUT2D eigenvalue weighted by molar-refractivity contribution is 0.0600. The summed E-state index contributed by atoms with van der Waals surface area (Å²) in [5.41, 5.74) is 3.26. The van der Waals surface area contributed by atoms with Crippen molar-refractivity contribution in [1.29, 1.82) is 0 Å². The monoisotopic (exact) mass is 376 g/mol. The Labute approximate surface area is 162 Å². The van der Waals surface area contributed by atoms with Gasteiger partial charge in [-0.1, -0.05) is 19.1 Å². The molecule has 0 saturated carbocycles. The molecular weight excluding hydrogens is 356 g/mol. The second-order valence-electron chi connectivity index (χ2n) is 5.96. The van der Waals surface area contributed by atoms with Gasteiger partial charge in [-0.05, 0) is 54.4 Å². The van der Waals surface area contributed by atoms with Crippen LogP contribution in [0, 0.1) is 0 Å². The summed E-state index contributed by atoms with van der Waals surface area (Å²) >= 11 is 0. The fourth-order valence-corrected chi connectivity index (χ4v) is 2.50. The number of amides is 1. The van der Waals surface area contributed by atoms with Gasteiger partial charge in [-0.2, -0.15) is 0 Å². The van der Waals surface area contributed by atoms with Crippen LogP contribution < -0.4 is 10.6 Å². The highest BCUT2D eigenvalue weighted by Crippen LogP contribution is 2.16. The Morgan fingerprint density at radius 3 is 2.29 bits per heavy atom. The maximum Gasteiger partial charge on any atom is 0.337 e. The average Bonchev–Trinajstić information content (AvgIpc) is 2.74. The van der Waals surface area contributed by atoms with Crippen molar-refractivity contribution < 1.29 is 14.3 Å². The predicted molar refractivity (Wildman–Crippen MR) is 107 cm³/mol. The standard InChI is InChI=1S/C21H20N4O3/c1-3-14-4-8-16(9-5-14)23-19(26)18-12-13-22-21(25-18)24-17-10-6-15(7-11-17)20(27)28-2/h4-13H,3H2,1-2H3,(H,23,26)(H,22,24,25). The zero-order valence-electron chi connectivity index (χ0n) is 15.6. The van der Waals surface area contributed by atoms with Gasteiger partial charge >= 0.3 is 5.97 Å². The molecule has 7 heteroatoms. The first-order chi connectivity index (χ1) is 13.6. The minimum atomic E-state index is -0.409. The summed E-state index contributed by atoms with van der Waals surface area (Å²) < 4.78 is 4.67. The van der Waals surface area contributed by atoms with Crippen molar-refractivity contribution in [1.82, 2.24) is 9.97 Å². The van der Waals surface area contributed by atoms with E-state index in [2.05, 4.69) is 32.3 Å². The number of esters is 1. The summed E-state index contributed by atoms with van der Waals surface area (Å²) in [7, 11) is 1.33. The van der Waals surface area contributed by atoms with Crippen LogP contribution in [0.1, 0.15) is 33.3 Å². The molecule has 0 fully saturated rings. The molecule has 1 heterocycles. The molecule has 3 rings (SSSR count). The third-order valence-corrected chi connectivity index (χ3v) is 4.07. The van der Waals surface area contributed by atoms with Crippen molar-refractivity contribution in [3.63, 3.8) is 0 Å². The van der Waals surface area contributed by atoms with Gasteiger partial charge < -0.3 is 15.4 Å². The van der Waals surface area contributed by atoms with Crippen LogP contribution in [0.4, 0.5) is 17.3 Å². The van der Waals surface area contributed by atoms with Gasteiger partial charge in [-0.15, -0.1) is 0 Å². The van der Waals surface area contributed by atoms with Crippen molar-refractivity contribution in [2.75, 3.05) is 17.7 Å². The number of aromatic nitrogens is 2. The number of benzene rings is 2. The number of rotatable bonds is 6. The lowest BCUT2D eigenvalue weighted by atomic mass is 10.1. The summed E-state index contributed by atoms with van der Waals surface area (Å²) in [5, 5.41) is 5.83. The third-order valence-electron chi connectivity index (χ3n) is 4.07. The van der Waals surface area contributed by atoms with Crippen LogP contribution in [-0.2, 0) is 11.2 Å². The topological polar surface area (TPSA) is 93.2 Å². The van der Waals surface area contributed by atoms with Gasteiger partial charge in [-0.3, -0.25) is 4.79 Å². The molecular formula is C21H20N4O3. The second-order valence-corrected chi connectivity index (χ2v) is 5.96. The van der Waals surface area contributed by atoms with Gasteiger partial charge in [0.1, 0.15) is 5.69 Å². The van der Waals surface area contributed by atoms with Crippen LogP contribution in [0.25, 0.3) is 0 Å². The molecule has 28 heavy (non-hydrogen) atoms. The molecule has 0 saturated heterocycles. The summed E-state index contributed by atoms with van der Waals surface area (Å²) in [4.78, 5) is 32.3. The molecule has 0 bridgehead atoms. The molecule has 3 aromatic rings. The Morgan fingerprint density at radius 1 is 0.964 bits per heavy atom. The fourth-order valence-electron chi connectivity index (χ4n) is 2.50. The van der Waals surface area contributed by atoms with E-state index in [1.165, 1.54) is 18.9 Å². The Hall–Kier alpha value is -3.74. The normalized spacial score (nSPS) is 10.2. The number of hydrogen-bond acceptors (Lipinski definition) is 6. The van der Waals surface area contributed by atoms with Crippen LogP contribution in [0.2, 0.25) is 0 Å². The summed E-state index contributed by atoms with van der Waals surface area (Å²) in [5.74, 6) is -0.455. The van der Waals surface area contributed by atoms with Gasteiger partial charge in [0, 0.05) is 17.6 Å². The molecule has 2 N–H and O–H groups in total. The predicted octanol–water partition coefficient (Wildman–Crippen LogP) is 3.82. The highest BCUT2D eigenvalue weighted by atomic mass is 16.5. The highest BCUT2D eigenvalue weighted by Gasteiger charge is 2.10. The Balaban J connectivity index is 1.69. The van der Waals surface area contributed by atoms with Crippen LogP contribution in [-0.4, -0.2) is 29.0 Å².